The van der Waals surface area contributed by atoms with Crippen LogP contribution >= 0.6 is 0 Å². The van der Waals surface area contributed by atoms with E-state index in [0.717, 1.165) is 12.8 Å². The normalized spacial score (nSPS) is 20.3. The molecule has 2 amide bonds. The Morgan fingerprint density at radius 1 is 0.795 bits per heavy atom. The third kappa shape index (κ3) is 4.63. The molecular weight excluding hydrogens is 500 g/mol. The second-order valence-electron chi connectivity index (χ2n) is 9.29. The topological polar surface area (TPSA) is 86.8 Å². The van der Waals surface area contributed by atoms with Gasteiger partial charge in [0.1, 0.15) is 17.7 Å². The van der Waals surface area contributed by atoms with Crippen molar-refractivity contribution in [1.29, 1.82) is 0 Å². The van der Waals surface area contributed by atoms with Crippen LogP contribution in [0.5, 0.6) is 23.0 Å². The second kappa shape index (κ2) is 11.2. The van der Waals surface area contributed by atoms with Gasteiger partial charge in [-0.25, -0.2) is 9.96 Å². The molecule has 0 saturated carbocycles. The Morgan fingerprint density at radius 3 is 2.15 bits per heavy atom. The van der Waals surface area contributed by atoms with E-state index in [1.165, 1.54) is 19.1 Å². The summed E-state index contributed by atoms with van der Waals surface area (Å²) in [5.41, 5.74) is 1.80. The van der Waals surface area contributed by atoms with E-state index in [0.29, 0.717) is 46.5 Å². The minimum Gasteiger partial charge on any atom is -0.494 e. The first-order valence-corrected chi connectivity index (χ1v) is 12.9. The summed E-state index contributed by atoms with van der Waals surface area (Å²) in [6.45, 7) is 2.71. The standard InChI is InChI=1S/C30H32N2O7/c1-5-6-18-38-21-14-12-19(13-15-21)31-29(33)24-25(22-16-17-23(35-2)27(37-4)26(22)36-3)32(39-28(24)30(31)34)20-10-8-7-9-11-20/h7-17,24-25,28H,5-6,18H2,1-4H3/t24-,25-,28+/m0/s1. The van der Waals surface area contributed by atoms with Crippen molar-refractivity contribution < 1.29 is 33.4 Å². The summed E-state index contributed by atoms with van der Waals surface area (Å²) < 4.78 is 22.6. The molecule has 0 radical (unpaired) electrons. The van der Waals surface area contributed by atoms with E-state index in [1.807, 2.05) is 36.4 Å². The third-order valence-electron chi connectivity index (χ3n) is 7.04. The highest BCUT2D eigenvalue weighted by Gasteiger charge is 2.61. The van der Waals surface area contributed by atoms with Gasteiger partial charge in [0.15, 0.2) is 17.6 Å². The van der Waals surface area contributed by atoms with Crippen molar-refractivity contribution in [2.45, 2.75) is 31.9 Å². The number of hydrogen-bond acceptors (Lipinski definition) is 8. The number of unbranched alkanes of at least 4 members (excludes halogenated alkanes) is 1. The molecule has 0 aliphatic carbocycles. The summed E-state index contributed by atoms with van der Waals surface area (Å²) in [5, 5.41) is 1.62. The Morgan fingerprint density at radius 2 is 1.51 bits per heavy atom. The molecule has 5 rings (SSSR count). The lowest BCUT2D eigenvalue weighted by Gasteiger charge is -2.30. The smallest absolute Gasteiger partial charge is 0.266 e. The Labute approximate surface area is 227 Å². The second-order valence-corrected chi connectivity index (χ2v) is 9.29. The molecule has 2 saturated heterocycles. The van der Waals surface area contributed by atoms with Crippen molar-refractivity contribution in [2.75, 3.05) is 37.9 Å². The number of methoxy groups -OCH3 is 3. The Balaban J connectivity index is 1.55. The number of rotatable bonds is 10. The molecule has 2 aliphatic heterocycles. The number of hydrogen-bond donors (Lipinski definition) is 0. The zero-order valence-electron chi connectivity index (χ0n) is 22.5. The minimum absolute atomic E-state index is 0.357. The average Bonchev–Trinajstić information content (AvgIpc) is 3.48. The van der Waals surface area contributed by atoms with Crippen LogP contribution in [0.25, 0.3) is 0 Å². The van der Waals surface area contributed by atoms with E-state index in [2.05, 4.69) is 6.92 Å². The van der Waals surface area contributed by atoms with Gasteiger partial charge in [-0.15, -0.1) is 0 Å². The number of para-hydroxylation sites is 1. The maximum atomic E-state index is 14.0. The number of nitrogens with zero attached hydrogens (tertiary/aromatic N) is 2. The van der Waals surface area contributed by atoms with Crippen LogP contribution in [-0.2, 0) is 14.4 Å². The summed E-state index contributed by atoms with van der Waals surface area (Å²) >= 11 is 0. The SMILES string of the molecule is CCCCOc1ccc(N2C(=O)[C@@H]3[C@@H](ON(c4ccccc4)[C@H]3c3ccc(OC)c(OC)c3OC)C2=O)cc1. The molecule has 0 unspecified atom stereocenters. The molecular formula is C30H32N2O7. The number of imide groups is 1. The van der Waals surface area contributed by atoms with Gasteiger partial charge >= 0.3 is 0 Å². The molecule has 0 spiro atoms. The molecule has 2 fully saturated rings. The van der Waals surface area contributed by atoms with Gasteiger partial charge < -0.3 is 18.9 Å². The molecule has 3 atom stereocenters. The quantitative estimate of drug-likeness (QED) is 0.268. The molecule has 2 heterocycles. The van der Waals surface area contributed by atoms with Crippen molar-refractivity contribution in [1.82, 2.24) is 0 Å². The molecule has 3 aromatic rings. The Hall–Kier alpha value is -4.24. The van der Waals surface area contributed by atoms with Crippen LogP contribution in [0.15, 0.2) is 66.7 Å². The summed E-state index contributed by atoms with van der Waals surface area (Å²) in [4.78, 5) is 35.1. The lowest BCUT2D eigenvalue weighted by molar-refractivity contribution is -0.126. The number of ether oxygens (including phenoxy) is 4. The minimum atomic E-state index is -1.01. The highest BCUT2D eigenvalue weighted by atomic mass is 16.7. The van der Waals surface area contributed by atoms with E-state index in [4.69, 9.17) is 23.8 Å². The monoisotopic (exact) mass is 532 g/mol. The number of hydroxylamine groups is 1. The fourth-order valence-corrected chi connectivity index (χ4v) is 5.17. The van der Waals surface area contributed by atoms with E-state index in [-0.39, 0.29) is 5.91 Å². The first-order valence-electron chi connectivity index (χ1n) is 12.9. The molecule has 3 aromatic carbocycles. The maximum Gasteiger partial charge on any atom is 0.266 e. The van der Waals surface area contributed by atoms with E-state index < -0.39 is 24.0 Å². The predicted molar refractivity (Wildman–Crippen MR) is 145 cm³/mol. The largest absolute Gasteiger partial charge is 0.494 e. The predicted octanol–water partition coefficient (Wildman–Crippen LogP) is 4.94. The van der Waals surface area contributed by atoms with Crippen molar-refractivity contribution in [2.24, 2.45) is 5.92 Å². The summed E-state index contributed by atoms with van der Waals surface area (Å²) in [6, 6.07) is 19.2. The van der Waals surface area contributed by atoms with Crippen molar-refractivity contribution in [3.63, 3.8) is 0 Å². The number of fused-ring (bicyclic) bond motifs is 1. The number of benzene rings is 3. The lowest BCUT2D eigenvalue weighted by Crippen LogP contribution is -2.37. The first kappa shape index (κ1) is 26.4. The van der Waals surface area contributed by atoms with E-state index >= 15 is 0 Å². The van der Waals surface area contributed by atoms with Gasteiger partial charge in [-0.05, 0) is 55.0 Å². The van der Waals surface area contributed by atoms with Gasteiger partial charge in [0.25, 0.3) is 5.91 Å². The highest BCUT2D eigenvalue weighted by Crippen LogP contribution is 2.52. The molecule has 9 heteroatoms. The molecule has 39 heavy (non-hydrogen) atoms. The number of carbonyl (C=O) groups is 2. The van der Waals surface area contributed by atoms with E-state index in [9.17, 15) is 9.59 Å². The molecule has 204 valence electrons. The molecule has 2 aliphatic rings. The molecule has 9 nitrogen and oxygen atoms in total. The van der Waals surface area contributed by atoms with Crippen LogP contribution in [0.4, 0.5) is 11.4 Å². The maximum absolute atomic E-state index is 14.0. The van der Waals surface area contributed by atoms with Crippen LogP contribution < -0.4 is 28.9 Å². The highest BCUT2D eigenvalue weighted by molar-refractivity contribution is 6.24. The van der Waals surface area contributed by atoms with E-state index in [1.54, 1.807) is 42.5 Å². The van der Waals surface area contributed by atoms with Crippen molar-refractivity contribution in [3.05, 3.63) is 72.3 Å². The number of anilines is 2. The van der Waals surface area contributed by atoms with Gasteiger partial charge in [0.2, 0.25) is 11.7 Å². The van der Waals surface area contributed by atoms with Crippen LogP contribution in [0.3, 0.4) is 0 Å². The van der Waals surface area contributed by atoms with Gasteiger partial charge in [0.05, 0.1) is 39.3 Å². The molecule has 0 N–H and O–H groups in total. The average molecular weight is 533 g/mol. The fourth-order valence-electron chi connectivity index (χ4n) is 5.17. The zero-order chi connectivity index (χ0) is 27.5. The van der Waals surface area contributed by atoms with Crippen molar-refractivity contribution >= 4 is 23.2 Å². The van der Waals surface area contributed by atoms with Gasteiger partial charge in [-0.3, -0.25) is 14.4 Å². The van der Waals surface area contributed by atoms with Crippen LogP contribution in [0.2, 0.25) is 0 Å². The Bertz CT molecular complexity index is 1330. The van der Waals surface area contributed by atoms with Crippen LogP contribution in [0.1, 0.15) is 31.4 Å². The fraction of sp³-hybridized carbons (Fsp3) is 0.333. The lowest BCUT2D eigenvalue weighted by atomic mass is 9.89. The van der Waals surface area contributed by atoms with Crippen LogP contribution in [-0.4, -0.2) is 45.9 Å². The molecule has 0 bridgehead atoms. The van der Waals surface area contributed by atoms with Gasteiger partial charge in [-0.1, -0.05) is 31.5 Å². The number of amides is 2. The van der Waals surface area contributed by atoms with Gasteiger partial charge in [-0.2, -0.15) is 0 Å². The third-order valence-corrected chi connectivity index (χ3v) is 7.04. The summed E-state index contributed by atoms with van der Waals surface area (Å²) in [5.74, 6) is 0.352. The summed E-state index contributed by atoms with van der Waals surface area (Å²) in [7, 11) is 4.59. The summed E-state index contributed by atoms with van der Waals surface area (Å²) in [6.07, 6.45) is 0.967. The Kier molecular flexibility index (Phi) is 7.60. The first-order chi connectivity index (χ1) is 19.0. The van der Waals surface area contributed by atoms with Gasteiger partial charge in [0, 0.05) is 5.56 Å². The molecule has 0 aromatic heterocycles. The van der Waals surface area contributed by atoms with Crippen LogP contribution in [0, 0.1) is 5.92 Å². The number of carbonyl (C=O) groups excluding carboxylic acids is 2. The van der Waals surface area contributed by atoms with Crippen molar-refractivity contribution in [3.8, 4) is 23.0 Å². The zero-order valence-corrected chi connectivity index (χ0v) is 22.5.